The summed E-state index contributed by atoms with van der Waals surface area (Å²) >= 11 is 0. The molecule has 0 saturated carbocycles. The van der Waals surface area contributed by atoms with Gasteiger partial charge in [0.1, 0.15) is 0 Å². The molecule has 0 aliphatic rings. The van der Waals surface area contributed by atoms with Gasteiger partial charge in [-0.15, -0.1) is 0 Å². The fraction of sp³-hybridized carbons (Fsp3) is 0.562. The molecule has 0 unspecified atom stereocenters. The zero-order chi connectivity index (χ0) is 13.6. The van der Waals surface area contributed by atoms with Gasteiger partial charge in [-0.2, -0.15) is 0 Å². The van der Waals surface area contributed by atoms with E-state index in [0.29, 0.717) is 6.61 Å². The molecule has 102 valence electrons. The summed E-state index contributed by atoms with van der Waals surface area (Å²) in [6.07, 6.45) is 16.1. The van der Waals surface area contributed by atoms with Gasteiger partial charge in [0.15, 0.2) is 0 Å². The number of ether oxygens (including phenoxy) is 1. The Morgan fingerprint density at radius 1 is 0.944 bits per heavy atom. The molecule has 0 aliphatic carbocycles. The van der Waals surface area contributed by atoms with Crippen molar-refractivity contribution in [3.63, 3.8) is 0 Å². The molecule has 0 bridgehead atoms. The van der Waals surface area contributed by atoms with Crippen LogP contribution in [0, 0.1) is 0 Å². The Morgan fingerprint density at radius 2 is 1.67 bits per heavy atom. The van der Waals surface area contributed by atoms with E-state index in [-0.39, 0.29) is 5.97 Å². The molecule has 0 radical (unpaired) electrons. The normalized spacial score (nSPS) is 11.1. The average molecular weight is 250 g/mol. The zero-order valence-corrected chi connectivity index (χ0v) is 11.9. The van der Waals surface area contributed by atoms with Crippen LogP contribution in [0.4, 0.5) is 0 Å². The second kappa shape index (κ2) is 12.2. The molecule has 0 fully saturated rings. The van der Waals surface area contributed by atoms with Crippen LogP contribution in [-0.2, 0) is 9.53 Å². The Hall–Kier alpha value is -1.31. The first-order valence-electron chi connectivity index (χ1n) is 6.73. The third-order valence-electron chi connectivity index (χ3n) is 2.36. The second-order valence-electron chi connectivity index (χ2n) is 4.60. The topological polar surface area (TPSA) is 26.3 Å². The largest absolute Gasteiger partial charge is 0.466 e. The molecule has 2 nitrogen and oxygen atoms in total. The van der Waals surface area contributed by atoms with E-state index in [1.807, 2.05) is 0 Å². The fourth-order valence-corrected chi connectivity index (χ4v) is 1.42. The Balaban J connectivity index is 3.30. The monoisotopic (exact) mass is 250 g/mol. The summed E-state index contributed by atoms with van der Waals surface area (Å²) in [6, 6.07) is 0. The number of esters is 1. The summed E-state index contributed by atoms with van der Waals surface area (Å²) in [4.78, 5) is 10.5. The maximum Gasteiger partial charge on any atom is 0.302 e. The highest BCUT2D eigenvalue weighted by molar-refractivity contribution is 5.65. The van der Waals surface area contributed by atoms with E-state index < -0.39 is 0 Å². The van der Waals surface area contributed by atoms with Crippen molar-refractivity contribution in [1.29, 1.82) is 0 Å². The molecule has 0 rings (SSSR count). The van der Waals surface area contributed by atoms with Crippen LogP contribution in [0.1, 0.15) is 52.9 Å². The smallest absolute Gasteiger partial charge is 0.302 e. The van der Waals surface area contributed by atoms with Gasteiger partial charge in [-0.25, -0.2) is 0 Å². The molecule has 0 aromatic carbocycles. The minimum absolute atomic E-state index is 0.180. The van der Waals surface area contributed by atoms with Crippen LogP contribution in [0.15, 0.2) is 36.0 Å². The predicted octanol–water partition coefficient (Wildman–Crippen LogP) is 4.58. The van der Waals surface area contributed by atoms with Gasteiger partial charge in [-0.05, 0) is 33.1 Å². The van der Waals surface area contributed by atoms with Crippen LogP contribution < -0.4 is 0 Å². The van der Waals surface area contributed by atoms with E-state index in [4.69, 9.17) is 4.74 Å². The quantitative estimate of drug-likeness (QED) is 0.340. The molecule has 0 atom stereocenters. The number of rotatable bonds is 9. The predicted molar refractivity (Wildman–Crippen MR) is 77.4 cm³/mol. The number of carbonyl (C=O) groups excluding carboxylic acids is 1. The van der Waals surface area contributed by atoms with Gasteiger partial charge in [0.25, 0.3) is 0 Å². The molecular formula is C16H26O2. The lowest BCUT2D eigenvalue weighted by Crippen LogP contribution is -1.99. The van der Waals surface area contributed by atoms with Crippen molar-refractivity contribution < 1.29 is 9.53 Å². The Kier molecular flexibility index (Phi) is 11.3. The van der Waals surface area contributed by atoms with Crippen molar-refractivity contribution in [3.05, 3.63) is 36.0 Å². The van der Waals surface area contributed by atoms with Crippen LogP contribution in [0.25, 0.3) is 0 Å². The first-order valence-corrected chi connectivity index (χ1v) is 6.73. The van der Waals surface area contributed by atoms with Crippen LogP contribution in [0.5, 0.6) is 0 Å². The van der Waals surface area contributed by atoms with E-state index >= 15 is 0 Å². The summed E-state index contributed by atoms with van der Waals surface area (Å²) in [6.45, 7) is 6.19. The highest BCUT2D eigenvalue weighted by Gasteiger charge is 1.92. The molecule has 0 spiro atoms. The summed E-state index contributed by atoms with van der Waals surface area (Å²) in [5.41, 5.74) is 1.31. The van der Waals surface area contributed by atoms with Gasteiger partial charge in [0, 0.05) is 6.92 Å². The third kappa shape index (κ3) is 14.7. The highest BCUT2D eigenvalue weighted by atomic mass is 16.5. The SMILES string of the molecule is CC(=O)OCCCCCCC=CC=CC=C(C)C. The van der Waals surface area contributed by atoms with Gasteiger partial charge >= 0.3 is 5.97 Å². The van der Waals surface area contributed by atoms with E-state index in [1.165, 1.54) is 25.3 Å². The van der Waals surface area contributed by atoms with Crippen molar-refractivity contribution >= 4 is 5.97 Å². The molecule has 0 amide bonds. The Labute approximate surface area is 111 Å². The third-order valence-corrected chi connectivity index (χ3v) is 2.36. The lowest BCUT2D eigenvalue weighted by Gasteiger charge is -2.00. The number of carbonyl (C=O) groups is 1. The minimum Gasteiger partial charge on any atom is -0.466 e. The van der Waals surface area contributed by atoms with Gasteiger partial charge in [-0.3, -0.25) is 4.79 Å². The molecule has 0 aromatic heterocycles. The van der Waals surface area contributed by atoms with Crippen molar-refractivity contribution in [2.45, 2.75) is 52.9 Å². The van der Waals surface area contributed by atoms with Gasteiger partial charge < -0.3 is 4.74 Å². The Bertz CT molecular complexity index is 294. The van der Waals surface area contributed by atoms with Crippen molar-refractivity contribution in [2.24, 2.45) is 0 Å². The number of hydrogen-bond donors (Lipinski definition) is 0. The second-order valence-corrected chi connectivity index (χ2v) is 4.60. The molecule has 0 saturated heterocycles. The van der Waals surface area contributed by atoms with Crippen LogP contribution in [-0.4, -0.2) is 12.6 Å². The average Bonchev–Trinajstić information content (AvgIpc) is 2.29. The molecule has 0 N–H and O–H groups in total. The molecule has 18 heavy (non-hydrogen) atoms. The Morgan fingerprint density at radius 3 is 2.33 bits per heavy atom. The number of hydrogen-bond acceptors (Lipinski definition) is 2. The van der Waals surface area contributed by atoms with Gasteiger partial charge in [-0.1, -0.05) is 48.8 Å². The first kappa shape index (κ1) is 16.7. The summed E-state index contributed by atoms with van der Waals surface area (Å²) in [7, 11) is 0. The summed E-state index contributed by atoms with van der Waals surface area (Å²) < 4.78 is 4.87. The maximum absolute atomic E-state index is 10.5. The molecule has 0 aliphatic heterocycles. The zero-order valence-electron chi connectivity index (χ0n) is 11.9. The van der Waals surface area contributed by atoms with Crippen molar-refractivity contribution in [3.8, 4) is 0 Å². The van der Waals surface area contributed by atoms with Crippen LogP contribution in [0.3, 0.4) is 0 Å². The van der Waals surface area contributed by atoms with E-state index in [0.717, 1.165) is 19.3 Å². The van der Waals surface area contributed by atoms with Crippen LogP contribution in [0.2, 0.25) is 0 Å². The standard InChI is InChI=1S/C16H26O2/c1-15(2)13-11-9-7-5-4-6-8-10-12-14-18-16(3)17/h5,7,9,11,13H,4,6,8,10,12,14H2,1-3H3. The fourth-order valence-electron chi connectivity index (χ4n) is 1.42. The lowest BCUT2D eigenvalue weighted by atomic mass is 10.1. The maximum atomic E-state index is 10.5. The number of allylic oxidation sites excluding steroid dienone is 6. The highest BCUT2D eigenvalue weighted by Crippen LogP contribution is 2.04. The minimum atomic E-state index is -0.180. The number of unbranched alkanes of at least 4 members (excludes halogenated alkanes) is 4. The van der Waals surface area contributed by atoms with Crippen molar-refractivity contribution in [2.75, 3.05) is 6.61 Å². The van der Waals surface area contributed by atoms with Gasteiger partial charge in [0.2, 0.25) is 0 Å². The molecular weight excluding hydrogens is 224 g/mol. The van der Waals surface area contributed by atoms with Crippen LogP contribution >= 0.6 is 0 Å². The van der Waals surface area contributed by atoms with Gasteiger partial charge in [0.05, 0.1) is 6.61 Å². The molecule has 0 heterocycles. The van der Waals surface area contributed by atoms with Crippen molar-refractivity contribution in [1.82, 2.24) is 0 Å². The van der Waals surface area contributed by atoms with E-state index in [2.05, 4.69) is 44.2 Å². The summed E-state index contributed by atoms with van der Waals surface area (Å²) in [5.74, 6) is -0.180. The molecule has 2 heteroatoms. The van der Waals surface area contributed by atoms with E-state index in [1.54, 1.807) is 0 Å². The van der Waals surface area contributed by atoms with E-state index in [9.17, 15) is 4.79 Å². The summed E-state index contributed by atoms with van der Waals surface area (Å²) in [5, 5.41) is 0. The lowest BCUT2D eigenvalue weighted by molar-refractivity contribution is -0.141. The first-order chi connectivity index (χ1) is 8.63. The molecule has 0 aromatic rings.